The molecule has 0 aliphatic heterocycles. The van der Waals surface area contributed by atoms with Gasteiger partial charge in [-0.1, -0.05) is 29.3 Å². The van der Waals surface area contributed by atoms with E-state index in [0.717, 1.165) is 16.9 Å². The molecule has 0 fully saturated rings. The number of hydrogen-bond donors (Lipinski definition) is 2. The molecule has 2 aromatic carbocycles. The number of aryl methyl sites for hydroxylation is 1. The second kappa shape index (κ2) is 7.86. The van der Waals surface area contributed by atoms with Gasteiger partial charge in [0.05, 0.1) is 12.1 Å². The van der Waals surface area contributed by atoms with E-state index in [9.17, 15) is 13.2 Å². The summed E-state index contributed by atoms with van der Waals surface area (Å²) < 4.78 is 28.3. The number of hydrogen-bond acceptors (Lipinski definition) is 4. The van der Waals surface area contributed by atoms with Gasteiger partial charge in [0.1, 0.15) is 10.6 Å². The van der Waals surface area contributed by atoms with Gasteiger partial charge in [0.2, 0.25) is 10.0 Å². The fourth-order valence-electron chi connectivity index (χ4n) is 2.38. The van der Waals surface area contributed by atoms with Gasteiger partial charge in [-0.05, 0) is 43.2 Å². The van der Waals surface area contributed by atoms with Gasteiger partial charge in [-0.3, -0.25) is 4.79 Å². The molecule has 0 atom stereocenters. The molecule has 2 aromatic rings. The minimum atomic E-state index is -4.00. The number of ether oxygens (including phenoxy) is 1. The first-order valence-corrected chi connectivity index (χ1v) is 9.39. The highest BCUT2D eigenvalue weighted by Crippen LogP contribution is 2.22. The monoisotopic (exact) mass is 382 g/mol. The van der Waals surface area contributed by atoms with Crippen LogP contribution in [0.3, 0.4) is 0 Å². The smallest absolute Gasteiger partial charge is 0.251 e. The Kier molecular flexibility index (Phi) is 6.05. The Morgan fingerprint density at radius 1 is 1.24 bits per heavy atom. The molecule has 0 bridgehead atoms. The standard InChI is InChI=1S/C17H19ClN2O4S/c1-11-3-6-15(24-2)12(9-11)7-8-20-17(21)13-4-5-14(18)16(10-13)25(19,22)23/h3-6,9-10H,7-8H2,1-2H3,(H,20,21)(H2,19,22,23). The molecule has 6 nitrogen and oxygen atoms in total. The van der Waals surface area contributed by atoms with Crippen LogP contribution < -0.4 is 15.2 Å². The second-order valence-corrected chi connectivity index (χ2v) is 7.45. The van der Waals surface area contributed by atoms with Crippen molar-refractivity contribution in [2.45, 2.75) is 18.2 Å². The van der Waals surface area contributed by atoms with Gasteiger partial charge in [0.15, 0.2) is 0 Å². The lowest BCUT2D eigenvalue weighted by molar-refractivity contribution is 0.0954. The molecule has 0 aromatic heterocycles. The molecule has 0 heterocycles. The van der Waals surface area contributed by atoms with Gasteiger partial charge < -0.3 is 10.1 Å². The summed E-state index contributed by atoms with van der Waals surface area (Å²) in [5.41, 5.74) is 2.24. The van der Waals surface area contributed by atoms with Crippen LogP contribution in [0.15, 0.2) is 41.3 Å². The molecular formula is C17H19ClN2O4S. The molecule has 0 unspecified atom stereocenters. The Balaban J connectivity index is 2.08. The van der Waals surface area contributed by atoms with Crippen LogP contribution in [0, 0.1) is 6.92 Å². The van der Waals surface area contributed by atoms with Crippen molar-refractivity contribution in [3.8, 4) is 5.75 Å². The summed E-state index contributed by atoms with van der Waals surface area (Å²) in [5, 5.41) is 7.81. The van der Waals surface area contributed by atoms with Crippen molar-refractivity contribution < 1.29 is 17.9 Å². The van der Waals surface area contributed by atoms with E-state index in [1.54, 1.807) is 7.11 Å². The van der Waals surface area contributed by atoms with Gasteiger partial charge in [-0.15, -0.1) is 0 Å². The molecule has 134 valence electrons. The fraction of sp³-hybridized carbons (Fsp3) is 0.235. The third-order valence-corrected chi connectivity index (χ3v) is 5.01. The lowest BCUT2D eigenvalue weighted by Gasteiger charge is -2.11. The van der Waals surface area contributed by atoms with Gasteiger partial charge >= 0.3 is 0 Å². The van der Waals surface area contributed by atoms with Crippen LogP contribution >= 0.6 is 11.6 Å². The Morgan fingerprint density at radius 3 is 2.60 bits per heavy atom. The minimum Gasteiger partial charge on any atom is -0.496 e. The first-order valence-electron chi connectivity index (χ1n) is 7.46. The first-order chi connectivity index (χ1) is 11.7. The van der Waals surface area contributed by atoms with Crippen molar-refractivity contribution in [3.05, 3.63) is 58.1 Å². The zero-order valence-corrected chi connectivity index (χ0v) is 15.4. The molecule has 0 saturated heterocycles. The number of carbonyl (C=O) groups excluding carboxylic acids is 1. The average molecular weight is 383 g/mol. The molecule has 1 amide bonds. The Hall–Kier alpha value is -2.09. The lowest BCUT2D eigenvalue weighted by Crippen LogP contribution is -2.26. The zero-order chi connectivity index (χ0) is 18.6. The highest BCUT2D eigenvalue weighted by Gasteiger charge is 2.16. The van der Waals surface area contributed by atoms with E-state index >= 15 is 0 Å². The van der Waals surface area contributed by atoms with Gasteiger partial charge in [0.25, 0.3) is 5.91 Å². The number of benzene rings is 2. The van der Waals surface area contributed by atoms with E-state index in [1.165, 1.54) is 18.2 Å². The van der Waals surface area contributed by atoms with Crippen LogP contribution in [0.2, 0.25) is 5.02 Å². The molecule has 3 N–H and O–H groups in total. The molecule has 0 radical (unpaired) electrons. The number of amides is 1. The van der Waals surface area contributed by atoms with E-state index in [2.05, 4.69) is 5.32 Å². The second-order valence-electron chi connectivity index (χ2n) is 5.51. The summed E-state index contributed by atoms with van der Waals surface area (Å²) in [5.74, 6) is 0.344. The highest BCUT2D eigenvalue weighted by molar-refractivity contribution is 7.89. The van der Waals surface area contributed by atoms with E-state index < -0.39 is 15.9 Å². The maximum absolute atomic E-state index is 12.2. The molecule has 0 spiro atoms. The van der Waals surface area contributed by atoms with E-state index in [-0.39, 0.29) is 15.5 Å². The quantitative estimate of drug-likeness (QED) is 0.800. The SMILES string of the molecule is COc1ccc(C)cc1CCNC(=O)c1ccc(Cl)c(S(N)(=O)=O)c1. The number of carbonyl (C=O) groups is 1. The maximum Gasteiger partial charge on any atom is 0.251 e. The predicted octanol–water partition coefficient (Wildman–Crippen LogP) is 2.28. The number of nitrogens with two attached hydrogens (primary N) is 1. The molecule has 2 rings (SSSR count). The predicted molar refractivity (Wildman–Crippen MR) is 96.6 cm³/mol. The summed E-state index contributed by atoms with van der Waals surface area (Å²) in [6.45, 7) is 2.34. The van der Waals surface area contributed by atoms with Crippen LogP contribution in [0.5, 0.6) is 5.75 Å². The fourth-order valence-corrected chi connectivity index (χ4v) is 3.45. The summed E-state index contributed by atoms with van der Waals surface area (Å²) in [6, 6.07) is 9.76. The Labute approximate surface area is 152 Å². The Bertz CT molecular complexity index is 898. The highest BCUT2D eigenvalue weighted by atomic mass is 35.5. The van der Waals surface area contributed by atoms with Gasteiger partial charge in [-0.2, -0.15) is 0 Å². The first kappa shape index (κ1) is 19.2. The summed E-state index contributed by atoms with van der Waals surface area (Å²) in [4.78, 5) is 11.9. The van der Waals surface area contributed by atoms with Crippen LogP contribution in [0.4, 0.5) is 0 Å². The van der Waals surface area contributed by atoms with E-state index in [0.29, 0.717) is 13.0 Å². The largest absolute Gasteiger partial charge is 0.496 e. The molecule has 8 heteroatoms. The topological polar surface area (TPSA) is 98.5 Å². The molecule has 0 aliphatic carbocycles. The number of nitrogens with one attached hydrogen (secondary N) is 1. The Morgan fingerprint density at radius 2 is 1.96 bits per heavy atom. The van der Waals surface area contributed by atoms with Gasteiger partial charge in [-0.25, -0.2) is 13.6 Å². The van der Waals surface area contributed by atoms with Crippen LogP contribution in [-0.2, 0) is 16.4 Å². The third-order valence-electron chi connectivity index (χ3n) is 3.62. The van der Waals surface area contributed by atoms with Crippen molar-refractivity contribution in [1.29, 1.82) is 0 Å². The lowest BCUT2D eigenvalue weighted by atomic mass is 10.1. The molecule has 0 aliphatic rings. The van der Waals surface area contributed by atoms with Gasteiger partial charge in [0, 0.05) is 12.1 Å². The van der Waals surface area contributed by atoms with Crippen molar-refractivity contribution in [3.63, 3.8) is 0 Å². The molecule has 25 heavy (non-hydrogen) atoms. The van der Waals surface area contributed by atoms with Crippen molar-refractivity contribution in [2.75, 3.05) is 13.7 Å². The van der Waals surface area contributed by atoms with Crippen LogP contribution in [-0.4, -0.2) is 28.0 Å². The summed E-state index contributed by atoms with van der Waals surface area (Å²) in [7, 11) is -2.40. The number of halogens is 1. The number of rotatable bonds is 6. The average Bonchev–Trinajstić information content (AvgIpc) is 2.54. The van der Waals surface area contributed by atoms with Crippen molar-refractivity contribution in [2.24, 2.45) is 5.14 Å². The third kappa shape index (κ3) is 4.94. The van der Waals surface area contributed by atoms with E-state index in [4.69, 9.17) is 21.5 Å². The zero-order valence-electron chi connectivity index (χ0n) is 13.9. The van der Waals surface area contributed by atoms with E-state index in [1.807, 2.05) is 25.1 Å². The van der Waals surface area contributed by atoms with Crippen molar-refractivity contribution >= 4 is 27.5 Å². The number of sulfonamides is 1. The summed E-state index contributed by atoms with van der Waals surface area (Å²) >= 11 is 5.81. The summed E-state index contributed by atoms with van der Waals surface area (Å²) in [6.07, 6.45) is 0.576. The number of methoxy groups -OCH3 is 1. The van der Waals surface area contributed by atoms with Crippen molar-refractivity contribution in [1.82, 2.24) is 5.32 Å². The van der Waals surface area contributed by atoms with Crippen LogP contribution in [0.1, 0.15) is 21.5 Å². The molecule has 0 saturated carbocycles. The molecular weight excluding hydrogens is 364 g/mol. The van der Waals surface area contributed by atoms with Crippen LogP contribution in [0.25, 0.3) is 0 Å². The normalized spacial score (nSPS) is 11.2. The minimum absolute atomic E-state index is 0.0245. The number of primary sulfonamides is 1. The maximum atomic E-state index is 12.2.